The number of hydrogen-bond acceptors (Lipinski definition) is 1. The molecule has 0 N–H and O–H groups in total. The zero-order valence-corrected chi connectivity index (χ0v) is 23.6. The van der Waals surface area contributed by atoms with Crippen LogP contribution in [0.2, 0.25) is 0 Å². The third kappa shape index (κ3) is 5.60. The molecule has 0 saturated heterocycles. The number of terminal acetylenes is 1. The van der Waals surface area contributed by atoms with E-state index in [4.69, 9.17) is 6.42 Å². The van der Waals surface area contributed by atoms with Crippen molar-refractivity contribution < 1.29 is 0 Å². The van der Waals surface area contributed by atoms with Crippen LogP contribution in [0.15, 0.2) is 12.4 Å². The van der Waals surface area contributed by atoms with Crippen LogP contribution in [-0.4, -0.2) is 9.78 Å². The first-order chi connectivity index (χ1) is 16.3. The van der Waals surface area contributed by atoms with Gasteiger partial charge in [0.05, 0.1) is 11.8 Å². The highest BCUT2D eigenvalue weighted by Crippen LogP contribution is 2.65. The summed E-state index contributed by atoms with van der Waals surface area (Å²) in [6, 6.07) is 0. The molecule has 0 amide bonds. The fourth-order valence-electron chi connectivity index (χ4n) is 8.74. The summed E-state index contributed by atoms with van der Waals surface area (Å²) in [5.74, 6) is 8.72. The lowest BCUT2D eigenvalue weighted by Gasteiger charge is -2.57. The van der Waals surface area contributed by atoms with Gasteiger partial charge in [0.1, 0.15) is 0 Å². The Hall–Kier alpha value is -1.23. The molecule has 2 heteroatoms. The number of aromatic nitrogens is 2. The van der Waals surface area contributed by atoms with Crippen molar-refractivity contribution in [3.05, 3.63) is 18.0 Å². The minimum Gasteiger partial charge on any atom is -0.271 e. The molecule has 0 radical (unpaired) electrons. The lowest BCUT2D eigenvalue weighted by atomic mass is 9.48. The van der Waals surface area contributed by atoms with E-state index in [2.05, 4.69) is 50.3 Å². The highest BCUT2D eigenvalue weighted by atomic mass is 15.3. The number of nitrogens with zero attached hydrogens (tertiary/aromatic N) is 2. The van der Waals surface area contributed by atoms with Crippen molar-refractivity contribution in [2.45, 2.75) is 126 Å². The number of fused-ring (bicyclic) bond motifs is 5. The van der Waals surface area contributed by atoms with Crippen LogP contribution in [0.4, 0.5) is 0 Å². The molecule has 4 fully saturated rings. The average molecular weight is 467 g/mol. The monoisotopic (exact) mass is 466 g/mol. The van der Waals surface area contributed by atoms with E-state index in [-0.39, 0.29) is 0 Å². The van der Waals surface area contributed by atoms with Gasteiger partial charge in [-0.25, -0.2) is 0 Å². The third-order valence-corrected chi connectivity index (χ3v) is 10.2. The topological polar surface area (TPSA) is 17.8 Å². The van der Waals surface area contributed by atoms with Gasteiger partial charge in [-0.3, -0.25) is 4.68 Å². The van der Waals surface area contributed by atoms with Crippen molar-refractivity contribution >= 4 is 0 Å². The molecule has 0 aromatic carbocycles. The molecule has 4 saturated carbocycles. The van der Waals surface area contributed by atoms with E-state index in [1.54, 1.807) is 0 Å². The Labute approximate surface area is 212 Å². The van der Waals surface area contributed by atoms with Crippen LogP contribution in [0.3, 0.4) is 0 Å². The van der Waals surface area contributed by atoms with E-state index in [1.165, 1.54) is 70.6 Å². The standard InChI is InChI=1S/C27H40N2.C3H8.C2H6/c1-5-19-17-28-29(18-19)15-12-21-7-9-25-24-8-6-20-16-26(2,3)13-10-22(20)23(24)11-14-27(21,25)4;1-3-2;1-2/h1,17-18,20-25H,6-16H2,2-4H3;3H2,1-2H3;1-2H3. The maximum atomic E-state index is 5.51. The van der Waals surface area contributed by atoms with Crippen molar-refractivity contribution in [1.82, 2.24) is 9.78 Å². The molecule has 0 spiro atoms. The van der Waals surface area contributed by atoms with Crippen LogP contribution in [0, 0.1) is 58.7 Å². The zero-order chi connectivity index (χ0) is 24.9. The number of aryl methyl sites for hydroxylation is 1. The molecule has 7 atom stereocenters. The summed E-state index contributed by atoms with van der Waals surface area (Å²) in [4.78, 5) is 0. The van der Waals surface area contributed by atoms with Gasteiger partial charge in [0.15, 0.2) is 0 Å². The zero-order valence-electron chi connectivity index (χ0n) is 23.6. The summed E-state index contributed by atoms with van der Waals surface area (Å²) in [7, 11) is 0. The summed E-state index contributed by atoms with van der Waals surface area (Å²) < 4.78 is 2.08. The molecule has 4 aliphatic rings. The Morgan fingerprint density at radius 3 is 2.35 bits per heavy atom. The van der Waals surface area contributed by atoms with E-state index in [0.29, 0.717) is 10.8 Å². The van der Waals surface area contributed by atoms with Crippen molar-refractivity contribution in [2.75, 3.05) is 0 Å². The Bertz CT molecular complexity index is 798. The lowest BCUT2D eigenvalue weighted by molar-refractivity contribution is -0.0767. The second-order valence-corrected chi connectivity index (χ2v) is 12.8. The fraction of sp³-hybridized carbons (Fsp3) is 0.844. The van der Waals surface area contributed by atoms with Crippen LogP contribution in [0.25, 0.3) is 0 Å². The molecule has 5 rings (SSSR count). The molecule has 0 bridgehead atoms. The highest BCUT2D eigenvalue weighted by Gasteiger charge is 2.56. The van der Waals surface area contributed by atoms with E-state index in [1.807, 2.05) is 26.2 Å². The summed E-state index contributed by atoms with van der Waals surface area (Å²) in [5.41, 5.74) is 2.08. The van der Waals surface area contributed by atoms with Gasteiger partial charge in [0, 0.05) is 12.7 Å². The Morgan fingerprint density at radius 2 is 1.68 bits per heavy atom. The van der Waals surface area contributed by atoms with E-state index in [0.717, 1.165) is 47.6 Å². The van der Waals surface area contributed by atoms with Crippen LogP contribution in [0.5, 0.6) is 0 Å². The molecule has 1 aromatic heterocycles. The van der Waals surface area contributed by atoms with Gasteiger partial charge in [-0.1, -0.05) is 60.8 Å². The van der Waals surface area contributed by atoms with Gasteiger partial charge in [0.25, 0.3) is 0 Å². The SMILES string of the molecule is C#Cc1cnn(CCC2CCC3C4CCC5CC(C)(C)CCC5C4CCC23C)c1.CC.CCC. The van der Waals surface area contributed by atoms with Crippen molar-refractivity contribution in [3.63, 3.8) is 0 Å². The molecule has 1 heterocycles. The molecular weight excluding hydrogens is 412 g/mol. The van der Waals surface area contributed by atoms with Gasteiger partial charge in [-0.2, -0.15) is 5.10 Å². The second-order valence-electron chi connectivity index (χ2n) is 12.8. The van der Waals surface area contributed by atoms with Crippen molar-refractivity contribution in [1.29, 1.82) is 0 Å². The van der Waals surface area contributed by atoms with Gasteiger partial charge < -0.3 is 0 Å². The van der Waals surface area contributed by atoms with Gasteiger partial charge in [-0.05, 0) is 111 Å². The average Bonchev–Trinajstić information content (AvgIpc) is 3.42. The minimum absolute atomic E-state index is 0.573. The predicted octanol–water partition coefficient (Wildman–Crippen LogP) is 8.99. The quantitative estimate of drug-likeness (QED) is 0.406. The van der Waals surface area contributed by atoms with E-state index in [9.17, 15) is 0 Å². The normalized spacial score (nSPS) is 37.5. The minimum atomic E-state index is 0.573. The summed E-state index contributed by atoms with van der Waals surface area (Å²) in [6.45, 7) is 17.0. The maximum Gasteiger partial charge on any atom is 0.0646 e. The molecule has 4 aliphatic carbocycles. The number of hydrogen-bond donors (Lipinski definition) is 0. The summed E-state index contributed by atoms with van der Waals surface area (Å²) in [5, 5.41) is 4.47. The first kappa shape index (κ1) is 27.4. The molecule has 192 valence electrons. The fourth-order valence-corrected chi connectivity index (χ4v) is 8.74. The summed E-state index contributed by atoms with van der Waals surface area (Å²) in [6.07, 6.45) is 25.3. The van der Waals surface area contributed by atoms with E-state index >= 15 is 0 Å². The van der Waals surface area contributed by atoms with Crippen LogP contribution in [-0.2, 0) is 6.54 Å². The van der Waals surface area contributed by atoms with Crippen molar-refractivity contribution in [2.24, 2.45) is 46.3 Å². The first-order valence-corrected chi connectivity index (χ1v) is 14.8. The van der Waals surface area contributed by atoms with Gasteiger partial charge in [0.2, 0.25) is 0 Å². The van der Waals surface area contributed by atoms with Crippen LogP contribution >= 0.6 is 0 Å². The molecule has 7 unspecified atom stereocenters. The predicted molar refractivity (Wildman–Crippen MR) is 146 cm³/mol. The van der Waals surface area contributed by atoms with Crippen molar-refractivity contribution in [3.8, 4) is 12.3 Å². The smallest absolute Gasteiger partial charge is 0.0646 e. The number of rotatable bonds is 3. The highest BCUT2D eigenvalue weighted by molar-refractivity contribution is 5.26. The summed E-state index contributed by atoms with van der Waals surface area (Å²) >= 11 is 0. The Morgan fingerprint density at radius 1 is 0.971 bits per heavy atom. The first-order valence-electron chi connectivity index (χ1n) is 14.8. The second kappa shape index (κ2) is 11.7. The molecule has 34 heavy (non-hydrogen) atoms. The van der Waals surface area contributed by atoms with Crippen LogP contribution < -0.4 is 0 Å². The van der Waals surface area contributed by atoms with Gasteiger partial charge in [-0.15, -0.1) is 6.42 Å². The molecule has 1 aromatic rings. The Balaban J connectivity index is 0.000000603. The Kier molecular flexibility index (Phi) is 9.39. The molecule has 2 nitrogen and oxygen atoms in total. The lowest BCUT2D eigenvalue weighted by Crippen LogP contribution is -2.49. The molecule has 0 aliphatic heterocycles. The molecular formula is C32H54N2. The van der Waals surface area contributed by atoms with E-state index < -0.39 is 0 Å². The maximum absolute atomic E-state index is 5.51. The van der Waals surface area contributed by atoms with Gasteiger partial charge >= 0.3 is 0 Å². The third-order valence-electron chi connectivity index (χ3n) is 10.2. The largest absolute Gasteiger partial charge is 0.271 e. The van der Waals surface area contributed by atoms with Crippen LogP contribution in [0.1, 0.15) is 125 Å².